The van der Waals surface area contributed by atoms with Crippen LogP contribution in [0.2, 0.25) is 0 Å². The molecule has 0 bridgehead atoms. The number of oxazole rings is 1. The number of nitrogens with zero attached hydrogens (tertiary/aromatic N) is 2. The van der Waals surface area contributed by atoms with Crippen molar-refractivity contribution in [3.05, 3.63) is 64.3 Å². The van der Waals surface area contributed by atoms with Crippen LogP contribution in [0.25, 0.3) is 22.4 Å². The van der Waals surface area contributed by atoms with Gasteiger partial charge in [0, 0.05) is 15.5 Å². The van der Waals surface area contributed by atoms with Crippen molar-refractivity contribution in [1.82, 2.24) is 15.2 Å². The fourth-order valence-corrected chi connectivity index (χ4v) is 3.60. The molecule has 1 amide bonds. The normalized spacial score (nSPS) is 11.1. The van der Waals surface area contributed by atoms with E-state index < -0.39 is 11.7 Å². The summed E-state index contributed by atoms with van der Waals surface area (Å²) in [5, 5.41) is 10.7. The Hall–Kier alpha value is -3.00. The molecule has 4 aromatic rings. The summed E-state index contributed by atoms with van der Waals surface area (Å²) in [6.45, 7) is 1.87. The molecule has 136 valence electrons. The predicted octanol–water partition coefficient (Wildman–Crippen LogP) is 4.93. The molecule has 4 rings (SSSR count). The zero-order valence-electron chi connectivity index (χ0n) is 14.2. The molecule has 2 heterocycles. The Morgan fingerprint density at radius 2 is 2.19 bits per heavy atom. The third-order valence-corrected chi connectivity index (χ3v) is 5.01. The minimum atomic E-state index is -0.556. The summed E-state index contributed by atoms with van der Waals surface area (Å²) >= 11 is 3.38. The van der Waals surface area contributed by atoms with Crippen LogP contribution in [0.1, 0.15) is 22.8 Å². The summed E-state index contributed by atoms with van der Waals surface area (Å²) < 4.78 is 20.3. The number of amides is 1. The van der Waals surface area contributed by atoms with Crippen molar-refractivity contribution < 1.29 is 13.6 Å². The van der Waals surface area contributed by atoms with Crippen LogP contribution in [0.3, 0.4) is 0 Å². The number of carbonyl (C=O) groups is 1. The van der Waals surface area contributed by atoms with Crippen LogP contribution in [-0.2, 0) is 6.42 Å². The lowest BCUT2D eigenvalue weighted by molar-refractivity contribution is 0.102. The van der Waals surface area contributed by atoms with E-state index in [-0.39, 0.29) is 5.56 Å². The van der Waals surface area contributed by atoms with Crippen LogP contribution in [-0.4, -0.2) is 21.1 Å². The zero-order valence-corrected chi connectivity index (χ0v) is 15.8. The number of nitrogens with one attached hydrogen (secondary N) is 2. The van der Waals surface area contributed by atoms with E-state index in [0.717, 1.165) is 10.9 Å². The average molecular weight is 429 g/mol. The Balaban J connectivity index is 1.71. The number of aromatic amines is 1. The van der Waals surface area contributed by atoms with Crippen LogP contribution in [0.5, 0.6) is 0 Å². The van der Waals surface area contributed by atoms with E-state index in [2.05, 4.69) is 36.4 Å². The number of halogens is 2. The van der Waals surface area contributed by atoms with E-state index in [1.807, 2.05) is 6.92 Å². The molecule has 0 atom stereocenters. The van der Waals surface area contributed by atoms with Gasteiger partial charge in [-0.05, 0) is 42.3 Å². The molecule has 8 heteroatoms. The minimum Gasteiger partial charge on any atom is -0.442 e. The fraction of sp³-hybridized carbons (Fsp3) is 0.105. The van der Waals surface area contributed by atoms with Gasteiger partial charge < -0.3 is 9.73 Å². The van der Waals surface area contributed by atoms with E-state index in [1.165, 1.54) is 12.5 Å². The van der Waals surface area contributed by atoms with Gasteiger partial charge in [0.25, 0.3) is 5.91 Å². The SMILES string of the molecule is CCc1c(Br)ccc(F)c1C(=O)Nc1ccc2[nH]nc(-c3cnco3)c2c1. The first-order valence-corrected chi connectivity index (χ1v) is 9.03. The first kappa shape index (κ1) is 17.4. The van der Waals surface area contributed by atoms with E-state index in [9.17, 15) is 9.18 Å². The number of hydrogen-bond acceptors (Lipinski definition) is 4. The van der Waals surface area contributed by atoms with Gasteiger partial charge in [0.15, 0.2) is 12.2 Å². The molecule has 0 aliphatic carbocycles. The van der Waals surface area contributed by atoms with E-state index in [1.54, 1.807) is 30.5 Å². The molecule has 6 nitrogen and oxygen atoms in total. The van der Waals surface area contributed by atoms with Crippen LogP contribution in [0.15, 0.2) is 51.8 Å². The number of H-pyrrole nitrogens is 1. The second kappa shape index (κ2) is 6.96. The van der Waals surface area contributed by atoms with E-state index in [0.29, 0.717) is 33.6 Å². The fourth-order valence-electron chi connectivity index (χ4n) is 2.99. The summed E-state index contributed by atoms with van der Waals surface area (Å²) in [6.07, 6.45) is 3.41. The van der Waals surface area contributed by atoms with Crippen molar-refractivity contribution in [3.8, 4) is 11.5 Å². The minimum absolute atomic E-state index is 0.0367. The van der Waals surface area contributed by atoms with Gasteiger partial charge in [0.05, 0.1) is 17.3 Å². The summed E-state index contributed by atoms with van der Waals surface area (Å²) in [5.74, 6) is -0.551. The van der Waals surface area contributed by atoms with Gasteiger partial charge in [-0.1, -0.05) is 22.9 Å². The number of fused-ring (bicyclic) bond motifs is 1. The zero-order chi connectivity index (χ0) is 19.0. The Bertz CT molecular complexity index is 1140. The number of benzene rings is 2. The standard InChI is InChI=1S/C19H14BrFN4O2/c1-2-11-13(20)4-5-14(21)17(11)19(26)23-10-3-6-15-12(7-10)18(25-24-15)16-8-22-9-27-16/h3-9H,2H2,1H3,(H,23,26)(H,24,25). The highest BCUT2D eigenvalue weighted by atomic mass is 79.9. The highest BCUT2D eigenvalue weighted by Gasteiger charge is 2.19. The third kappa shape index (κ3) is 3.12. The van der Waals surface area contributed by atoms with Gasteiger partial charge in [-0.3, -0.25) is 9.89 Å². The van der Waals surface area contributed by atoms with Crippen LogP contribution in [0, 0.1) is 5.82 Å². The van der Waals surface area contributed by atoms with Crippen molar-refractivity contribution in [2.75, 3.05) is 5.32 Å². The highest BCUT2D eigenvalue weighted by Crippen LogP contribution is 2.29. The molecule has 0 fully saturated rings. The molecule has 0 aliphatic heterocycles. The molecule has 27 heavy (non-hydrogen) atoms. The van der Waals surface area contributed by atoms with Gasteiger partial charge in [-0.2, -0.15) is 5.10 Å². The van der Waals surface area contributed by atoms with Crippen LogP contribution in [0.4, 0.5) is 10.1 Å². The highest BCUT2D eigenvalue weighted by molar-refractivity contribution is 9.10. The molecular weight excluding hydrogens is 415 g/mol. The third-order valence-electron chi connectivity index (χ3n) is 4.27. The second-order valence-electron chi connectivity index (χ2n) is 5.89. The van der Waals surface area contributed by atoms with Crippen molar-refractivity contribution in [1.29, 1.82) is 0 Å². The molecule has 2 aromatic carbocycles. The summed E-state index contributed by atoms with van der Waals surface area (Å²) in [4.78, 5) is 16.6. The summed E-state index contributed by atoms with van der Waals surface area (Å²) in [6, 6.07) is 8.15. The van der Waals surface area contributed by atoms with Gasteiger partial charge in [0.1, 0.15) is 11.5 Å². The summed E-state index contributed by atoms with van der Waals surface area (Å²) in [7, 11) is 0. The molecule has 2 N–H and O–H groups in total. The second-order valence-corrected chi connectivity index (χ2v) is 6.74. The monoisotopic (exact) mass is 428 g/mol. The topological polar surface area (TPSA) is 83.8 Å². The number of anilines is 1. The maximum absolute atomic E-state index is 14.3. The lowest BCUT2D eigenvalue weighted by atomic mass is 10.0. The molecule has 0 saturated carbocycles. The Morgan fingerprint density at radius 1 is 1.33 bits per heavy atom. The van der Waals surface area contributed by atoms with E-state index >= 15 is 0 Å². The maximum Gasteiger partial charge on any atom is 0.258 e. The van der Waals surface area contributed by atoms with Crippen molar-refractivity contribution in [3.63, 3.8) is 0 Å². The smallest absolute Gasteiger partial charge is 0.258 e. The maximum atomic E-state index is 14.3. The predicted molar refractivity (Wildman–Crippen MR) is 103 cm³/mol. The number of aromatic nitrogens is 3. The number of carbonyl (C=O) groups excluding carboxylic acids is 1. The molecule has 0 unspecified atom stereocenters. The first-order chi connectivity index (χ1) is 13.1. The lowest BCUT2D eigenvalue weighted by Gasteiger charge is -2.12. The molecule has 0 spiro atoms. The average Bonchev–Trinajstić information content (AvgIpc) is 3.32. The Kier molecular flexibility index (Phi) is 4.49. The first-order valence-electron chi connectivity index (χ1n) is 8.23. The molecule has 0 radical (unpaired) electrons. The molecular formula is C19H14BrFN4O2. The number of hydrogen-bond donors (Lipinski definition) is 2. The van der Waals surface area contributed by atoms with Crippen LogP contribution >= 0.6 is 15.9 Å². The van der Waals surface area contributed by atoms with Gasteiger partial charge in [0.2, 0.25) is 0 Å². The quantitative estimate of drug-likeness (QED) is 0.482. The van der Waals surface area contributed by atoms with Crippen molar-refractivity contribution >= 4 is 38.4 Å². The van der Waals surface area contributed by atoms with E-state index in [4.69, 9.17) is 4.42 Å². The van der Waals surface area contributed by atoms with Crippen LogP contribution < -0.4 is 5.32 Å². The van der Waals surface area contributed by atoms with Gasteiger partial charge >= 0.3 is 0 Å². The lowest BCUT2D eigenvalue weighted by Crippen LogP contribution is -2.16. The Morgan fingerprint density at radius 3 is 2.93 bits per heavy atom. The van der Waals surface area contributed by atoms with Crippen molar-refractivity contribution in [2.45, 2.75) is 13.3 Å². The number of rotatable bonds is 4. The van der Waals surface area contributed by atoms with Gasteiger partial charge in [-0.25, -0.2) is 9.37 Å². The molecule has 0 aliphatic rings. The largest absolute Gasteiger partial charge is 0.442 e. The molecule has 0 saturated heterocycles. The van der Waals surface area contributed by atoms with Crippen molar-refractivity contribution in [2.24, 2.45) is 0 Å². The summed E-state index contributed by atoms with van der Waals surface area (Å²) in [5.41, 5.74) is 2.55. The Labute approximate surface area is 161 Å². The molecule has 2 aromatic heterocycles. The van der Waals surface area contributed by atoms with Gasteiger partial charge in [-0.15, -0.1) is 0 Å².